The summed E-state index contributed by atoms with van der Waals surface area (Å²) in [7, 11) is 0. The summed E-state index contributed by atoms with van der Waals surface area (Å²) in [5.74, 6) is 6.70. The minimum Gasteiger partial charge on any atom is -0.310 e. The zero-order chi connectivity index (χ0) is 37.0. The van der Waals surface area contributed by atoms with Crippen molar-refractivity contribution in [3.05, 3.63) is 162 Å². The van der Waals surface area contributed by atoms with Crippen LogP contribution in [0.2, 0.25) is 0 Å². The van der Waals surface area contributed by atoms with Crippen LogP contribution in [-0.4, -0.2) is 0 Å². The van der Waals surface area contributed by atoms with Crippen LogP contribution in [0.25, 0.3) is 33.4 Å². The Kier molecular flexibility index (Phi) is 6.43. The van der Waals surface area contributed by atoms with Crippen LogP contribution in [0, 0.1) is 47.3 Å². The van der Waals surface area contributed by atoms with Crippen LogP contribution in [0.3, 0.4) is 0 Å². The van der Waals surface area contributed by atoms with Gasteiger partial charge in [0.2, 0.25) is 0 Å². The summed E-state index contributed by atoms with van der Waals surface area (Å²) in [6.45, 7) is 0. The Morgan fingerprint density at radius 1 is 0.351 bits per heavy atom. The Morgan fingerprint density at radius 2 is 0.842 bits per heavy atom. The molecule has 0 amide bonds. The van der Waals surface area contributed by atoms with E-state index in [0.29, 0.717) is 0 Å². The molecule has 0 saturated heterocycles. The largest absolute Gasteiger partial charge is 0.310 e. The van der Waals surface area contributed by atoms with E-state index in [1.54, 1.807) is 22.3 Å². The van der Waals surface area contributed by atoms with Gasteiger partial charge in [-0.1, -0.05) is 109 Å². The van der Waals surface area contributed by atoms with Crippen molar-refractivity contribution in [2.24, 2.45) is 47.3 Å². The summed E-state index contributed by atoms with van der Waals surface area (Å²) in [5.41, 5.74) is 19.3. The van der Waals surface area contributed by atoms with Crippen molar-refractivity contribution in [3.8, 4) is 33.4 Å². The van der Waals surface area contributed by atoms with E-state index < -0.39 is 0 Å². The molecule has 16 rings (SSSR count). The molecular formula is C56H51N. The normalized spacial score (nSPS) is 33.8. The molecule has 8 saturated carbocycles. The summed E-state index contributed by atoms with van der Waals surface area (Å²) in [6, 6.07) is 55.0. The molecule has 0 radical (unpaired) electrons. The predicted octanol–water partition coefficient (Wildman–Crippen LogP) is 14.3. The summed E-state index contributed by atoms with van der Waals surface area (Å²) >= 11 is 0. The number of fused-ring (bicyclic) bond motifs is 6. The van der Waals surface area contributed by atoms with Gasteiger partial charge in [0.05, 0.1) is 5.69 Å². The van der Waals surface area contributed by atoms with Crippen LogP contribution in [-0.2, 0) is 10.8 Å². The zero-order valence-corrected chi connectivity index (χ0v) is 32.9. The van der Waals surface area contributed by atoms with E-state index in [1.165, 1.54) is 115 Å². The third kappa shape index (κ3) is 4.07. The van der Waals surface area contributed by atoms with Crippen molar-refractivity contribution < 1.29 is 0 Å². The van der Waals surface area contributed by atoms with Gasteiger partial charge >= 0.3 is 0 Å². The number of rotatable bonds is 4. The van der Waals surface area contributed by atoms with Crippen LogP contribution in [0.4, 0.5) is 17.1 Å². The van der Waals surface area contributed by atoms with Crippen molar-refractivity contribution >= 4 is 17.1 Å². The Labute approximate surface area is 338 Å². The lowest BCUT2D eigenvalue weighted by Crippen LogP contribution is -2.55. The number of hydrogen-bond acceptors (Lipinski definition) is 1. The van der Waals surface area contributed by atoms with Gasteiger partial charge in [-0.25, -0.2) is 0 Å². The molecule has 280 valence electrons. The van der Waals surface area contributed by atoms with Crippen LogP contribution < -0.4 is 4.90 Å². The number of nitrogens with zero attached hydrogens (tertiary/aromatic N) is 1. The molecule has 0 aliphatic heterocycles. The fourth-order valence-corrected chi connectivity index (χ4v) is 16.5. The molecule has 0 unspecified atom stereocenters. The highest BCUT2D eigenvalue weighted by atomic mass is 15.1. The van der Waals surface area contributed by atoms with Gasteiger partial charge in [-0.2, -0.15) is 0 Å². The molecule has 0 atom stereocenters. The van der Waals surface area contributed by atoms with Gasteiger partial charge in [0.1, 0.15) is 0 Å². The van der Waals surface area contributed by atoms with Crippen molar-refractivity contribution in [2.75, 3.05) is 4.90 Å². The van der Waals surface area contributed by atoms with Gasteiger partial charge in [0.25, 0.3) is 0 Å². The average Bonchev–Trinajstić information content (AvgIpc) is 3.71. The molecule has 1 nitrogen and oxygen atoms in total. The maximum Gasteiger partial charge on any atom is 0.0543 e. The molecule has 2 spiro atoms. The number of hydrogen-bond donors (Lipinski definition) is 0. The Morgan fingerprint density at radius 3 is 1.51 bits per heavy atom. The molecular weight excluding hydrogens is 687 g/mol. The third-order valence-electron chi connectivity index (χ3n) is 17.8. The standard InChI is InChI=1S/C56H51N/c1-2-10-38(11-3-1)39-12-8-13-44(32-39)57(45-20-21-47-46-14-4-6-16-49(46)56(52(47)33-45)42-28-36-23-37(30-42)31-43(56)29-36)53-19-9-18-51-54(53)48-15-5-7-17-50(48)55(51)40-24-34-22-35(26-40)27-41(55)25-34/h1-21,32-37,40-43H,22-31H2. The average molecular weight is 738 g/mol. The van der Waals surface area contributed by atoms with E-state index in [4.69, 9.17) is 0 Å². The van der Waals surface area contributed by atoms with Crippen molar-refractivity contribution in [2.45, 2.75) is 75.0 Å². The van der Waals surface area contributed by atoms with E-state index in [2.05, 4.69) is 144 Å². The van der Waals surface area contributed by atoms with Crippen LogP contribution in [0.15, 0.2) is 140 Å². The molecule has 8 fully saturated rings. The lowest BCUT2D eigenvalue weighted by atomic mass is 9.43. The Hall–Kier alpha value is -4.88. The topological polar surface area (TPSA) is 3.24 Å². The highest BCUT2D eigenvalue weighted by Gasteiger charge is 2.63. The monoisotopic (exact) mass is 737 g/mol. The second-order valence-corrected chi connectivity index (χ2v) is 20.1. The Bertz CT molecular complexity index is 2570. The predicted molar refractivity (Wildman–Crippen MR) is 233 cm³/mol. The first-order chi connectivity index (χ1) is 28.2. The Balaban J connectivity index is 1.02. The SMILES string of the molecule is c1ccc(-c2cccc(N(c3ccc4c(c3)C3(c5ccccc5-4)C4CC5CC(C4)CC3C5)c3cccc4c3-c3ccccc3C43C4CC5CC(C4)CC3C5)c2)cc1. The molecule has 0 heterocycles. The molecule has 0 aromatic heterocycles. The highest BCUT2D eigenvalue weighted by molar-refractivity contribution is 5.97. The third-order valence-corrected chi connectivity index (χ3v) is 17.8. The lowest BCUT2D eigenvalue weighted by Gasteiger charge is -2.61. The molecule has 6 aromatic carbocycles. The van der Waals surface area contributed by atoms with Crippen LogP contribution in [0.1, 0.15) is 86.5 Å². The zero-order valence-electron chi connectivity index (χ0n) is 32.9. The van der Waals surface area contributed by atoms with Gasteiger partial charge in [-0.05, 0) is 192 Å². The van der Waals surface area contributed by atoms with Crippen LogP contribution in [0.5, 0.6) is 0 Å². The van der Waals surface area contributed by atoms with Crippen molar-refractivity contribution in [1.29, 1.82) is 0 Å². The van der Waals surface area contributed by atoms with E-state index in [1.807, 2.05) is 0 Å². The number of benzene rings is 6. The van der Waals surface area contributed by atoms with Gasteiger partial charge < -0.3 is 4.90 Å². The molecule has 8 bridgehead atoms. The minimum absolute atomic E-state index is 0.128. The molecule has 1 heteroatoms. The van der Waals surface area contributed by atoms with E-state index >= 15 is 0 Å². The van der Waals surface area contributed by atoms with Crippen molar-refractivity contribution in [3.63, 3.8) is 0 Å². The number of anilines is 3. The molecule has 10 aliphatic carbocycles. The van der Waals surface area contributed by atoms with Gasteiger partial charge in [0.15, 0.2) is 0 Å². The van der Waals surface area contributed by atoms with Crippen LogP contribution >= 0.6 is 0 Å². The molecule has 10 aliphatic rings. The first-order valence-electron chi connectivity index (χ1n) is 22.6. The first-order valence-corrected chi connectivity index (χ1v) is 22.6. The smallest absolute Gasteiger partial charge is 0.0543 e. The fraction of sp³-hybridized carbons (Fsp3) is 0.357. The van der Waals surface area contributed by atoms with Gasteiger partial charge in [0, 0.05) is 27.8 Å². The lowest BCUT2D eigenvalue weighted by molar-refractivity contribution is -0.0399. The van der Waals surface area contributed by atoms with Gasteiger partial charge in [-0.3, -0.25) is 0 Å². The maximum absolute atomic E-state index is 2.71. The van der Waals surface area contributed by atoms with E-state index in [0.717, 1.165) is 47.3 Å². The van der Waals surface area contributed by atoms with Gasteiger partial charge in [-0.15, -0.1) is 0 Å². The second-order valence-electron chi connectivity index (χ2n) is 20.1. The summed E-state index contributed by atoms with van der Waals surface area (Å²) in [4.78, 5) is 2.70. The second kappa shape index (κ2) is 11.4. The minimum atomic E-state index is 0.128. The maximum atomic E-state index is 2.71. The van der Waals surface area contributed by atoms with E-state index in [9.17, 15) is 0 Å². The van der Waals surface area contributed by atoms with E-state index in [-0.39, 0.29) is 10.8 Å². The quantitative estimate of drug-likeness (QED) is 0.174. The fourth-order valence-electron chi connectivity index (χ4n) is 16.5. The van der Waals surface area contributed by atoms with Crippen molar-refractivity contribution in [1.82, 2.24) is 0 Å². The highest BCUT2D eigenvalue weighted by Crippen LogP contribution is 2.72. The summed E-state index contributed by atoms with van der Waals surface area (Å²) in [5, 5.41) is 0. The summed E-state index contributed by atoms with van der Waals surface area (Å²) in [6.07, 6.45) is 14.2. The summed E-state index contributed by atoms with van der Waals surface area (Å²) < 4.78 is 0. The molecule has 0 N–H and O–H groups in total. The molecule has 6 aromatic rings. The molecule has 57 heavy (non-hydrogen) atoms. The first kappa shape index (κ1) is 32.1.